The van der Waals surface area contributed by atoms with Crippen molar-refractivity contribution in [3.05, 3.63) is 0 Å². The molecule has 0 atom stereocenters. The molecule has 0 aliphatic heterocycles. The normalized spacial score (nSPS) is 13.2. The van der Waals surface area contributed by atoms with Crippen LogP contribution < -0.4 is 0 Å². The standard InChI is InChI=1S/C9H23O3PSi/c1-6-11-13(10,12-7-2)8-9-14(3,4)5/h6-9H2,1-5H3. The largest absolute Gasteiger partial charge is 0.330 e. The zero-order valence-electron chi connectivity index (χ0n) is 10.0. The Bertz CT molecular complexity index is 191. The fraction of sp³-hybridized carbons (Fsp3) is 1.00. The molecular weight excluding hydrogens is 215 g/mol. The van der Waals surface area contributed by atoms with Crippen LogP contribution in [0.25, 0.3) is 0 Å². The van der Waals surface area contributed by atoms with E-state index in [0.717, 1.165) is 6.04 Å². The van der Waals surface area contributed by atoms with Crippen molar-refractivity contribution in [2.75, 3.05) is 19.4 Å². The Balaban J connectivity index is 4.16. The van der Waals surface area contributed by atoms with Gasteiger partial charge in [0, 0.05) is 14.2 Å². The maximum Gasteiger partial charge on any atom is 0.330 e. The molecule has 0 aliphatic rings. The van der Waals surface area contributed by atoms with Crippen LogP contribution in [0.5, 0.6) is 0 Å². The van der Waals surface area contributed by atoms with E-state index in [1.807, 2.05) is 13.8 Å². The molecule has 0 heterocycles. The molecule has 5 heteroatoms. The van der Waals surface area contributed by atoms with Gasteiger partial charge in [0.2, 0.25) is 0 Å². The third-order valence-corrected chi connectivity index (χ3v) is 6.03. The van der Waals surface area contributed by atoms with Crippen LogP contribution in [0.2, 0.25) is 25.7 Å². The summed E-state index contributed by atoms with van der Waals surface area (Å²) >= 11 is 0. The number of rotatable bonds is 7. The molecule has 0 aliphatic carbocycles. The second kappa shape index (κ2) is 6.06. The number of hydrogen-bond donors (Lipinski definition) is 0. The monoisotopic (exact) mass is 238 g/mol. The topological polar surface area (TPSA) is 35.5 Å². The summed E-state index contributed by atoms with van der Waals surface area (Å²) in [5.74, 6) is 0. The molecule has 0 fully saturated rings. The van der Waals surface area contributed by atoms with Crippen LogP contribution in [0, 0.1) is 0 Å². The molecule has 0 saturated heterocycles. The van der Waals surface area contributed by atoms with Gasteiger partial charge in [0.25, 0.3) is 0 Å². The van der Waals surface area contributed by atoms with Gasteiger partial charge in [-0.15, -0.1) is 0 Å². The highest BCUT2D eigenvalue weighted by Gasteiger charge is 2.26. The third kappa shape index (κ3) is 6.77. The van der Waals surface area contributed by atoms with Gasteiger partial charge in [-0.2, -0.15) is 0 Å². The van der Waals surface area contributed by atoms with Crippen LogP contribution in [-0.4, -0.2) is 27.4 Å². The van der Waals surface area contributed by atoms with Crippen LogP contribution >= 0.6 is 7.60 Å². The summed E-state index contributed by atoms with van der Waals surface area (Å²) in [5.41, 5.74) is 0. The van der Waals surface area contributed by atoms with Crippen molar-refractivity contribution in [2.24, 2.45) is 0 Å². The average molecular weight is 238 g/mol. The van der Waals surface area contributed by atoms with Crippen molar-refractivity contribution < 1.29 is 13.6 Å². The third-order valence-electron chi connectivity index (χ3n) is 1.79. The second-order valence-corrected chi connectivity index (χ2v) is 12.3. The van der Waals surface area contributed by atoms with E-state index in [1.54, 1.807) is 0 Å². The van der Waals surface area contributed by atoms with Crippen molar-refractivity contribution in [2.45, 2.75) is 39.5 Å². The van der Waals surface area contributed by atoms with E-state index in [4.69, 9.17) is 9.05 Å². The fourth-order valence-corrected chi connectivity index (χ4v) is 5.93. The lowest BCUT2D eigenvalue weighted by Gasteiger charge is -2.21. The summed E-state index contributed by atoms with van der Waals surface area (Å²) in [4.78, 5) is 0. The molecule has 0 spiro atoms. The molecule has 0 aromatic rings. The van der Waals surface area contributed by atoms with E-state index in [1.165, 1.54) is 0 Å². The maximum absolute atomic E-state index is 12.0. The zero-order chi connectivity index (χ0) is 11.2. The van der Waals surface area contributed by atoms with Crippen molar-refractivity contribution in [3.63, 3.8) is 0 Å². The molecule has 0 radical (unpaired) electrons. The van der Waals surface area contributed by atoms with Gasteiger partial charge in [-0.25, -0.2) is 0 Å². The first-order valence-corrected chi connectivity index (χ1v) is 10.6. The molecule has 0 unspecified atom stereocenters. The van der Waals surface area contributed by atoms with E-state index < -0.39 is 15.7 Å². The molecule has 0 rings (SSSR count). The van der Waals surface area contributed by atoms with Crippen LogP contribution in [0.15, 0.2) is 0 Å². The quantitative estimate of drug-likeness (QED) is 0.502. The Morgan fingerprint density at radius 1 is 1.07 bits per heavy atom. The zero-order valence-corrected chi connectivity index (χ0v) is 11.9. The molecule has 0 aromatic carbocycles. The Kier molecular flexibility index (Phi) is 6.22. The van der Waals surface area contributed by atoms with Gasteiger partial charge in [0.05, 0.1) is 13.2 Å². The second-order valence-electron chi connectivity index (χ2n) is 4.48. The SMILES string of the molecule is CCOP(=O)(CC[Si](C)(C)C)OCC. The molecular formula is C9H23O3PSi. The van der Waals surface area contributed by atoms with Crippen molar-refractivity contribution >= 4 is 15.7 Å². The highest BCUT2D eigenvalue weighted by molar-refractivity contribution is 7.54. The van der Waals surface area contributed by atoms with Crippen molar-refractivity contribution in [3.8, 4) is 0 Å². The molecule has 0 aromatic heterocycles. The summed E-state index contributed by atoms with van der Waals surface area (Å²) < 4.78 is 22.5. The minimum Gasteiger partial charge on any atom is -0.309 e. The highest BCUT2D eigenvalue weighted by atomic mass is 31.2. The summed E-state index contributed by atoms with van der Waals surface area (Å²) in [6.45, 7) is 11.4. The Hall–Kier alpha value is 0.367. The summed E-state index contributed by atoms with van der Waals surface area (Å²) in [6.07, 6.45) is 0.574. The number of hydrogen-bond acceptors (Lipinski definition) is 3. The van der Waals surface area contributed by atoms with Gasteiger partial charge in [-0.3, -0.25) is 4.57 Å². The Morgan fingerprint density at radius 2 is 1.50 bits per heavy atom. The molecule has 0 amide bonds. The Labute approximate surface area is 88.7 Å². The first-order valence-electron chi connectivity index (χ1n) is 5.21. The summed E-state index contributed by atoms with van der Waals surface area (Å²) in [7, 11) is -3.94. The van der Waals surface area contributed by atoms with Gasteiger partial charge >= 0.3 is 7.60 Å². The van der Waals surface area contributed by atoms with E-state index in [-0.39, 0.29) is 0 Å². The summed E-state index contributed by atoms with van der Waals surface area (Å²) in [6, 6.07) is 0.990. The lowest BCUT2D eigenvalue weighted by atomic mass is 10.9. The van der Waals surface area contributed by atoms with Crippen molar-refractivity contribution in [1.82, 2.24) is 0 Å². The minimum atomic E-state index is -2.78. The highest BCUT2D eigenvalue weighted by Crippen LogP contribution is 2.49. The lowest BCUT2D eigenvalue weighted by Crippen LogP contribution is -2.21. The maximum atomic E-state index is 12.0. The molecule has 0 N–H and O–H groups in total. The molecule has 0 saturated carbocycles. The van der Waals surface area contributed by atoms with E-state index in [2.05, 4.69) is 19.6 Å². The van der Waals surface area contributed by atoms with Crippen molar-refractivity contribution in [1.29, 1.82) is 0 Å². The molecule has 3 nitrogen and oxygen atoms in total. The molecule has 86 valence electrons. The van der Waals surface area contributed by atoms with Crippen LogP contribution in [0.4, 0.5) is 0 Å². The predicted octanol–water partition coefficient (Wildman–Crippen LogP) is 3.59. The van der Waals surface area contributed by atoms with Gasteiger partial charge in [-0.1, -0.05) is 19.6 Å². The van der Waals surface area contributed by atoms with Crippen LogP contribution in [0.3, 0.4) is 0 Å². The van der Waals surface area contributed by atoms with E-state index >= 15 is 0 Å². The molecule has 14 heavy (non-hydrogen) atoms. The lowest BCUT2D eigenvalue weighted by molar-refractivity contribution is 0.221. The van der Waals surface area contributed by atoms with Gasteiger partial charge in [-0.05, 0) is 19.9 Å². The predicted molar refractivity (Wildman–Crippen MR) is 63.9 cm³/mol. The average Bonchev–Trinajstić information content (AvgIpc) is 2.01. The van der Waals surface area contributed by atoms with Gasteiger partial charge in [0.15, 0.2) is 0 Å². The first-order chi connectivity index (χ1) is 6.33. The molecule has 0 bridgehead atoms. The fourth-order valence-electron chi connectivity index (χ4n) is 1.03. The smallest absolute Gasteiger partial charge is 0.309 e. The van der Waals surface area contributed by atoms with Gasteiger partial charge in [0.1, 0.15) is 0 Å². The van der Waals surface area contributed by atoms with Crippen LogP contribution in [0.1, 0.15) is 13.8 Å². The first kappa shape index (κ1) is 14.4. The van der Waals surface area contributed by atoms with Gasteiger partial charge < -0.3 is 9.05 Å². The Morgan fingerprint density at radius 3 is 1.79 bits per heavy atom. The van der Waals surface area contributed by atoms with E-state index in [0.29, 0.717) is 19.4 Å². The summed E-state index contributed by atoms with van der Waals surface area (Å²) in [5, 5.41) is 0. The minimum absolute atomic E-state index is 0.461. The van der Waals surface area contributed by atoms with E-state index in [9.17, 15) is 4.57 Å². The van der Waals surface area contributed by atoms with Crippen LogP contribution in [-0.2, 0) is 13.6 Å².